The minimum atomic E-state index is -3.24. The van der Waals surface area contributed by atoms with E-state index in [9.17, 15) is 18.0 Å². The largest absolute Gasteiger partial charge is 0.335 e. The van der Waals surface area contributed by atoms with Crippen LogP contribution in [0.5, 0.6) is 0 Å². The van der Waals surface area contributed by atoms with Gasteiger partial charge in [-0.15, -0.1) is 0 Å². The quantitative estimate of drug-likeness (QED) is 0.788. The molecule has 2 amide bonds. The lowest BCUT2D eigenvalue weighted by Crippen LogP contribution is -2.61. The molecule has 0 N–H and O–H groups in total. The van der Waals surface area contributed by atoms with Crippen molar-refractivity contribution in [3.05, 3.63) is 35.4 Å². The molecule has 2 fully saturated rings. The first-order chi connectivity index (χ1) is 11.3. The molecule has 2 aliphatic heterocycles. The number of fused-ring (bicyclic) bond motifs is 1. The number of aryl methyl sites for hydroxylation is 1. The summed E-state index contributed by atoms with van der Waals surface area (Å²) in [5, 5.41) is 0. The first-order valence-electron chi connectivity index (χ1n) is 8.20. The van der Waals surface area contributed by atoms with Crippen LogP contribution in [0.25, 0.3) is 0 Å². The van der Waals surface area contributed by atoms with Crippen LogP contribution in [0.4, 0.5) is 0 Å². The summed E-state index contributed by atoms with van der Waals surface area (Å²) in [6.07, 6.45) is 0.898. The van der Waals surface area contributed by atoms with Gasteiger partial charge in [0.05, 0.1) is 23.6 Å². The number of hydrogen-bond donors (Lipinski definition) is 0. The van der Waals surface area contributed by atoms with Crippen LogP contribution in [0.1, 0.15) is 29.8 Å². The number of carbonyl (C=O) groups is 2. The van der Waals surface area contributed by atoms with Gasteiger partial charge in [-0.1, -0.05) is 19.1 Å². The fraction of sp³-hybridized carbons (Fsp3) is 0.529. The number of carbonyl (C=O) groups excluding carboxylic acids is 2. The van der Waals surface area contributed by atoms with Crippen LogP contribution in [0.3, 0.4) is 0 Å². The molecule has 0 aliphatic carbocycles. The van der Waals surface area contributed by atoms with Crippen molar-refractivity contribution in [1.29, 1.82) is 0 Å². The summed E-state index contributed by atoms with van der Waals surface area (Å²) in [6.45, 7) is 4.24. The summed E-state index contributed by atoms with van der Waals surface area (Å²) in [6, 6.07) is 6.53. The molecule has 2 saturated heterocycles. The molecule has 6 nitrogen and oxygen atoms in total. The molecule has 2 heterocycles. The van der Waals surface area contributed by atoms with Gasteiger partial charge in [0.1, 0.15) is 0 Å². The summed E-state index contributed by atoms with van der Waals surface area (Å²) in [7, 11) is -3.24. The average Bonchev–Trinajstić information content (AvgIpc) is 2.87. The topological polar surface area (TPSA) is 74.8 Å². The van der Waals surface area contributed by atoms with Crippen LogP contribution in [-0.2, 0) is 21.1 Å². The molecule has 0 radical (unpaired) electrons. The molecule has 2 aliphatic rings. The van der Waals surface area contributed by atoms with Crippen molar-refractivity contribution >= 4 is 21.7 Å². The highest BCUT2D eigenvalue weighted by atomic mass is 32.2. The summed E-state index contributed by atoms with van der Waals surface area (Å²) in [5.74, 6) is -0.426. The van der Waals surface area contributed by atoms with Crippen molar-refractivity contribution in [2.75, 3.05) is 24.6 Å². The van der Waals surface area contributed by atoms with Crippen LogP contribution >= 0.6 is 0 Å². The lowest BCUT2D eigenvalue weighted by molar-refractivity contribution is -0.133. The normalized spacial score (nSPS) is 25.4. The Kier molecular flexibility index (Phi) is 4.38. The molecule has 1 aromatic carbocycles. The predicted molar refractivity (Wildman–Crippen MR) is 90.5 cm³/mol. The molecular weight excluding hydrogens is 328 g/mol. The highest BCUT2D eigenvalue weighted by Gasteiger charge is 2.48. The Morgan fingerprint density at radius 2 is 1.58 bits per heavy atom. The van der Waals surface area contributed by atoms with E-state index in [1.165, 1.54) is 6.92 Å². The highest BCUT2D eigenvalue weighted by molar-refractivity contribution is 7.91. The zero-order valence-corrected chi connectivity index (χ0v) is 14.8. The molecule has 0 bridgehead atoms. The predicted octanol–water partition coefficient (Wildman–Crippen LogP) is 0.719. The highest BCUT2D eigenvalue weighted by Crippen LogP contribution is 2.28. The third-order valence-corrected chi connectivity index (χ3v) is 6.65. The molecule has 0 saturated carbocycles. The number of nitrogens with zero attached hydrogens (tertiary/aromatic N) is 2. The van der Waals surface area contributed by atoms with Gasteiger partial charge in [-0.05, 0) is 24.1 Å². The monoisotopic (exact) mass is 350 g/mol. The van der Waals surface area contributed by atoms with Crippen LogP contribution in [0.2, 0.25) is 0 Å². The molecule has 2 atom stereocenters. The standard InChI is InChI=1S/C17H22N2O4S/c1-3-13-4-6-14(7-5-13)17(21)19-9-8-18(12(2)20)15-10-24(22,23)11-16(15)19/h4-7,15-16H,3,8-11H2,1-2H3. The van der Waals surface area contributed by atoms with Gasteiger partial charge in [-0.25, -0.2) is 8.42 Å². The third kappa shape index (κ3) is 3.05. The maximum absolute atomic E-state index is 12.9. The molecule has 0 aromatic heterocycles. The average molecular weight is 350 g/mol. The van der Waals surface area contributed by atoms with Crippen molar-refractivity contribution in [1.82, 2.24) is 9.80 Å². The van der Waals surface area contributed by atoms with Gasteiger partial charge >= 0.3 is 0 Å². The van der Waals surface area contributed by atoms with E-state index < -0.39 is 21.9 Å². The van der Waals surface area contributed by atoms with E-state index in [-0.39, 0.29) is 23.3 Å². The Morgan fingerprint density at radius 1 is 1.04 bits per heavy atom. The van der Waals surface area contributed by atoms with E-state index in [1.807, 2.05) is 19.1 Å². The van der Waals surface area contributed by atoms with E-state index in [1.54, 1.807) is 21.9 Å². The van der Waals surface area contributed by atoms with E-state index >= 15 is 0 Å². The first-order valence-corrected chi connectivity index (χ1v) is 10.0. The van der Waals surface area contributed by atoms with Gasteiger partial charge in [0, 0.05) is 25.6 Å². The summed E-state index contributed by atoms with van der Waals surface area (Å²) >= 11 is 0. The Hall–Kier alpha value is -1.89. The summed E-state index contributed by atoms with van der Waals surface area (Å²) in [5.41, 5.74) is 1.71. The molecule has 3 rings (SSSR count). The van der Waals surface area contributed by atoms with Crippen molar-refractivity contribution in [3.63, 3.8) is 0 Å². The minimum Gasteiger partial charge on any atom is -0.335 e. The molecule has 0 spiro atoms. The number of benzene rings is 1. The van der Waals surface area contributed by atoms with E-state index in [2.05, 4.69) is 0 Å². The van der Waals surface area contributed by atoms with Gasteiger partial charge in [-0.2, -0.15) is 0 Å². The lowest BCUT2D eigenvalue weighted by Gasteiger charge is -2.43. The zero-order valence-electron chi connectivity index (χ0n) is 13.9. The SMILES string of the molecule is CCc1ccc(C(=O)N2CCN(C(C)=O)C3CS(=O)(=O)CC32)cc1. The summed E-state index contributed by atoms with van der Waals surface area (Å²) in [4.78, 5) is 27.9. The van der Waals surface area contributed by atoms with Crippen LogP contribution in [-0.4, -0.2) is 66.7 Å². The van der Waals surface area contributed by atoms with Crippen molar-refractivity contribution in [2.45, 2.75) is 32.4 Å². The van der Waals surface area contributed by atoms with E-state index in [0.717, 1.165) is 12.0 Å². The molecule has 130 valence electrons. The fourth-order valence-corrected chi connectivity index (χ4v) is 5.63. The van der Waals surface area contributed by atoms with E-state index in [0.29, 0.717) is 18.7 Å². The lowest BCUT2D eigenvalue weighted by atomic mass is 10.0. The van der Waals surface area contributed by atoms with Crippen LogP contribution in [0, 0.1) is 0 Å². The molecule has 2 unspecified atom stereocenters. The minimum absolute atomic E-state index is 0.0597. The van der Waals surface area contributed by atoms with Crippen molar-refractivity contribution < 1.29 is 18.0 Å². The second-order valence-corrected chi connectivity index (χ2v) is 8.63. The molecular formula is C17H22N2O4S. The Morgan fingerprint density at radius 3 is 2.12 bits per heavy atom. The molecule has 1 aromatic rings. The van der Waals surface area contributed by atoms with Crippen LogP contribution < -0.4 is 0 Å². The Labute approximate surface area is 142 Å². The van der Waals surface area contributed by atoms with Gasteiger partial charge < -0.3 is 9.80 Å². The van der Waals surface area contributed by atoms with Gasteiger partial charge in [0.25, 0.3) is 5.91 Å². The smallest absolute Gasteiger partial charge is 0.254 e. The van der Waals surface area contributed by atoms with Crippen molar-refractivity contribution in [3.8, 4) is 0 Å². The van der Waals surface area contributed by atoms with Crippen molar-refractivity contribution in [2.24, 2.45) is 0 Å². The molecule has 7 heteroatoms. The number of rotatable bonds is 2. The number of amides is 2. The van der Waals surface area contributed by atoms with Gasteiger partial charge in [0.2, 0.25) is 5.91 Å². The number of sulfone groups is 1. The third-order valence-electron chi connectivity index (χ3n) is 4.95. The van der Waals surface area contributed by atoms with Gasteiger partial charge in [0.15, 0.2) is 9.84 Å². The number of piperazine rings is 1. The zero-order chi connectivity index (χ0) is 17.5. The fourth-order valence-electron chi connectivity index (χ4n) is 3.64. The van der Waals surface area contributed by atoms with Crippen LogP contribution in [0.15, 0.2) is 24.3 Å². The maximum atomic E-state index is 12.9. The Bertz CT molecular complexity index is 757. The maximum Gasteiger partial charge on any atom is 0.254 e. The second kappa shape index (κ2) is 6.20. The van der Waals surface area contributed by atoms with E-state index in [4.69, 9.17) is 0 Å². The summed E-state index contributed by atoms with van der Waals surface area (Å²) < 4.78 is 24.2. The molecule has 24 heavy (non-hydrogen) atoms. The second-order valence-electron chi connectivity index (χ2n) is 6.47. The van der Waals surface area contributed by atoms with Gasteiger partial charge in [-0.3, -0.25) is 9.59 Å². The first kappa shape index (κ1) is 17.0. The Balaban J connectivity index is 1.88. The number of hydrogen-bond acceptors (Lipinski definition) is 4.